The summed E-state index contributed by atoms with van der Waals surface area (Å²) in [5.41, 5.74) is 0.635. The van der Waals surface area contributed by atoms with Gasteiger partial charge in [-0.15, -0.1) is 0 Å². The molecule has 94 valence electrons. The van der Waals surface area contributed by atoms with Gasteiger partial charge in [0.1, 0.15) is 17.3 Å². The minimum atomic E-state index is -0.117. The maximum Gasteiger partial charge on any atom is 0.140 e. The highest BCUT2D eigenvalue weighted by Crippen LogP contribution is 2.30. The molecule has 1 N–H and O–H groups in total. The molecule has 1 saturated heterocycles. The van der Waals surface area contributed by atoms with Crippen LogP contribution in [0.2, 0.25) is 5.15 Å². The number of halogens is 1. The van der Waals surface area contributed by atoms with Gasteiger partial charge in [0.25, 0.3) is 0 Å². The Morgan fingerprint density at radius 2 is 2.24 bits per heavy atom. The molecule has 0 amide bonds. The molecule has 2 atom stereocenters. The van der Waals surface area contributed by atoms with Crippen LogP contribution < -0.4 is 4.90 Å². The lowest BCUT2D eigenvalue weighted by atomic mass is 9.93. The van der Waals surface area contributed by atoms with E-state index in [1.165, 1.54) is 6.33 Å². The Kier molecular flexibility index (Phi) is 3.84. The maximum absolute atomic E-state index is 9.38. The van der Waals surface area contributed by atoms with Crippen LogP contribution in [0.1, 0.15) is 32.3 Å². The van der Waals surface area contributed by atoms with Crippen molar-refractivity contribution in [3.63, 3.8) is 0 Å². The zero-order valence-electron chi connectivity index (χ0n) is 10.2. The molecule has 5 heteroatoms. The zero-order valence-corrected chi connectivity index (χ0v) is 11.0. The molecule has 1 aliphatic rings. The SMILES string of the molecule is CC1CCN(c2ncnc(Cl)c2CO)C(C)C1. The van der Waals surface area contributed by atoms with Crippen molar-refractivity contribution in [1.82, 2.24) is 9.97 Å². The van der Waals surface area contributed by atoms with Gasteiger partial charge >= 0.3 is 0 Å². The van der Waals surface area contributed by atoms with E-state index in [1.807, 2.05) is 0 Å². The monoisotopic (exact) mass is 255 g/mol. The van der Waals surface area contributed by atoms with E-state index in [2.05, 4.69) is 28.7 Å². The third-order valence-corrected chi connectivity index (χ3v) is 3.76. The second kappa shape index (κ2) is 5.19. The summed E-state index contributed by atoms with van der Waals surface area (Å²) in [5, 5.41) is 9.73. The lowest BCUT2D eigenvalue weighted by Crippen LogP contribution is -2.41. The van der Waals surface area contributed by atoms with Crippen LogP contribution in [0.25, 0.3) is 0 Å². The van der Waals surface area contributed by atoms with Crippen LogP contribution in [0, 0.1) is 5.92 Å². The van der Waals surface area contributed by atoms with Crippen LogP contribution in [-0.4, -0.2) is 27.7 Å². The molecule has 0 aliphatic carbocycles. The highest BCUT2D eigenvalue weighted by atomic mass is 35.5. The van der Waals surface area contributed by atoms with Gasteiger partial charge in [-0.05, 0) is 25.7 Å². The molecular weight excluding hydrogens is 238 g/mol. The Bertz CT molecular complexity index is 399. The van der Waals surface area contributed by atoms with Gasteiger partial charge in [0, 0.05) is 12.6 Å². The first-order valence-electron chi connectivity index (χ1n) is 6.00. The topological polar surface area (TPSA) is 49.2 Å². The third-order valence-electron chi connectivity index (χ3n) is 3.44. The summed E-state index contributed by atoms with van der Waals surface area (Å²) >= 11 is 5.99. The molecular formula is C12H18ClN3O. The molecule has 1 aromatic heterocycles. The second-order valence-electron chi connectivity index (χ2n) is 4.80. The quantitative estimate of drug-likeness (QED) is 0.824. The van der Waals surface area contributed by atoms with Gasteiger partial charge in [0.05, 0.1) is 12.2 Å². The van der Waals surface area contributed by atoms with Crippen molar-refractivity contribution in [2.75, 3.05) is 11.4 Å². The van der Waals surface area contributed by atoms with Gasteiger partial charge in [0.15, 0.2) is 0 Å². The van der Waals surface area contributed by atoms with Crippen molar-refractivity contribution in [2.24, 2.45) is 5.92 Å². The number of anilines is 1. The van der Waals surface area contributed by atoms with Crippen molar-refractivity contribution >= 4 is 17.4 Å². The van der Waals surface area contributed by atoms with E-state index >= 15 is 0 Å². The van der Waals surface area contributed by atoms with Gasteiger partial charge < -0.3 is 10.0 Å². The van der Waals surface area contributed by atoms with Crippen molar-refractivity contribution in [3.8, 4) is 0 Å². The minimum absolute atomic E-state index is 0.117. The van der Waals surface area contributed by atoms with Crippen LogP contribution in [-0.2, 0) is 6.61 Å². The molecule has 2 heterocycles. The Morgan fingerprint density at radius 3 is 2.88 bits per heavy atom. The lowest BCUT2D eigenvalue weighted by molar-refractivity contribution is 0.280. The van der Waals surface area contributed by atoms with E-state index in [0.717, 1.165) is 31.1 Å². The fourth-order valence-corrected chi connectivity index (χ4v) is 2.68. The molecule has 0 radical (unpaired) electrons. The van der Waals surface area contributed by atoms with Crippen molar-refractivity contribution in [1.29, 1.82) is 0 Å². The Labute approximate surface area is 107 Å². The smallest absolute Gasteiger partial charge is 0.140 e. The number of hydrogen-bond acceptors (Lipinski definition) is 4. The number of hydrogen-bond donors (Lipinski definition) is 1. The summed E-state index contributed by atoms with van der Waals surface area (Å²) in [6.45, 7) is 5.30. The van der Waals surface area contributed by atoms with E-state index in [0.29, 0.717) is 16.8 Å². The number of rotatable bonds is 2. The second-order valence-corrected chi connectivity index (χ2v) is 5.15. The molecule has 2 unspecified atom stereocenters. The van der Waals surface area contributed by atoms with Gasteiger partial charge in [-0.25, -0.2) is 9.97 Å². The van der Waals surface area contributed by atoms with Crippen LogP contribution in [0.5, 0.6) is 0 Å². The first-order valence-corrected chi connectivity index (χ1v) is 6.38. The number of aliphatic hydroxyl groups is 1. The van der Waals surface area contributed by atoms with Crippen LogP contribution in [0.3, 0.4) is 0 Å². The van der Waals surface area contributed by atoms with Gasteiger partial charge in [-0.3, -0.25) is 0 Å². The summed E-state index contributed by atoms with van der Waals surface area (Å²) < 4.78 is 0. The van der Waals surface area contributed by atoms with E-state index in [9.17, 15) is 5.11 Å². The highest BCUT2D eigenvalue weighted by molar-refractivity contribution is 6.30. The summed E-state index contributed by atoms with van der Waals surface area (Å²) in [6, 6.07) is 0.426. The lowest BCUT2D eigenvalue weighted by Gasteiger charge is -2.38. The van der Waals surface area contributed by atoms with Gasteiger partial charge in [0.2, 0.25) is 0 Å². The first kappa shape index (κ1) is 12.6. The number of piperidine rings is 1. The molecule has 1 aliphatic heterocycles. The van der Waals surface area contributed by atoms with Crippen molar-refractivity contribution in [3.05, 3.63) is 17.0 Å². The summed E-state index contributed by atoms with van der Waals surface area (Å²) in [7, 11) is 0. The first-order chi connectivity index (χ1) is 8.13. The average Bonchev–Trinajstić information content (AvgIpc) is 2.29. The highest BCUT2D eigenvalue weighted by Gasteiger charge is 2.26. The molecule has 0 bridgehead atoms. The molecule has 0 spiro atoms. The Balaban J connectivity index is 2.30. The standard InChI is InChI=1S/C12H18ClN3O/c1-8-3-4-16(9(2)5-8)12-10(6-17)11(13)14-7-15-12/h7-9,17H,3-6H2,1-2H3. The van der Waals surface area contributed by atoms with Gasteiger partial charge in [-0.1, -0.05) is 18.5 Å². The minimum Gasteiger partial charge on any atom is -0.391 e. The number of aliphatic hydroxyl groups excluding tert-OH is 1. The summed E-state index contributed by atoms with van der Waals surface area (Å²) in [6.07, 6.45) is 3.75. The fraction of sp³-hybridized carbons (Fsp3) is 0.667. The maximum atomic E-state index is 9.38. The molecule has 4 nitrogen and oxygen atoms in total. The molecule has 17 heavy (non-hydrogen) atoms. The van der Waals surface area contributed by atoms with Crippen LogP contribution in [0.15, 0.2) is 6.33 Å². The normalized spacial score (nSPS) is 25.1. The predicted molar refractivity (Wildman–Crippen MR) is 68.2 cm³/mol. The molecule has 0 saturated carbocycles. The number of aromatic nitrogens is 2. The fourth-order valence-electron chi connectivity index (χ4n) is 2.49. The predicted octanol–water partition coefficient (Wildman–Crippen LogP) is 2.25. The van der Waals surface area contributed by atoms with E-state index < -0.39 is 0 Å². The molecule has 1 fully saturated rings. The van der Waals surface area contributed by atoms with Gasteiger partial charge in [-0.2, -0.15) is 0 Å². The molecule has 1 aromatic rings. The van der Waals surface area contributed by atoms with Crippen molar-refractivity contribution < 1.29 is 5.11 Å². The summed E-state index contributed by atoms with van der Waals surface area (Å²) in [5.74, 6) is 1.53. The largest absolute Gasteiger partial charge is 0.391 e. The molecule has 0 aromatic carbocycles. The Morgan fingerprint density at radius 1 is 1.47 bits per heavy atom. The zero-order chi connectivity index (χ0) is 12.4. The third kappa shape index (κ3) is 2.53. The average molecular weight is 256 g/mol. The molecule has 2 rings (SSSR count). The number of nitrogens with zero attached hydrogens (tertiary/aromatic N) is 3. The van der Waals surface area contributed by atoms with Crippen molar-refractivity contribution in [2.45, 2.75) is 39.3 Å². The van der Waals surface area contributed by atoms with E-state index in [4.69, 9.17) is 11.6 Å². The van der Waals surface area contributed by atoms with E-state index in [-0.39, 0.29) is 6.61 Å². The Hall–Kier alpha value is -0.870. The van der Waals surface area contributed by atoms with Crippen LogP contribution >= 0.6 is 11.6 Å². The summed E-state index contributed by atoms with van der Waals surface area (Å²) in [4.78, 5) is 10.4. The van der Waals surface area contributed by atoms with E-state index in [1.54, 1.807) is 0 Å². The van der Waals surface area contributed by atoms with Crippen LogP contribution in [0.4, 0.5) is 5.82 Å².